The molecular weight excluding hydrogens is 198 g/mol. The summed E-state index contributed by atoms with van der Waals surface area (Å²) in [5.74, 6) is 0. The van der Waals surface area contributed by atoms with Crippen molar-refractivity contribution in [3.05, 3.63) is 54.2 Å². The Labute approximate surface area is 93.3 Å². The molecule has 16 heavy (non-hydrogen) atoms. The van der Waals surface area contributed by atoms with E-state index in [1.165, 1.54) is 5.56 Å². The van der Waals surface area contributed by atoms with Crippen LogP contribution >= 0.6 is 0 Å². The van der Waals surface area contributed by atoms with Crippen molar-refractivity contribution in [1.29, 1.82) is 0 Å². The Kier molecular flexibility index (Phi) is 1.96. The van der Waals surface area contributed by atoms with Gasteiger partial charge in [-0.1, -0.05) is 35.0 Å². The van der Waals surface area contributed by atoms with Crippen LogP contribution in [-0.4, -0.2) is 14.8 Å². The first-order valence-corrected chi connectivity index (χ1v) is 5.22. The van der Waals surface area contributed by atoms with E-state index in [-0.39, 0.29) is 0 Å². The number of rotatable bonds is 1. The highest BCUT2D eigenvalue weighted by molar-refractivity contribution is 5.76. The topological polar surface area (TPSA) is 30.2 Å². The van der Waals surface area contributed by atoms with Crippen molar-refractivity contribution in [1.82, 2.24) is 14.8 Å². The van der Waals surface area contributed by atoms with Gasteiger partial charge in [0.15, 0.2) is 0 Å². The second-order valence-electron chi connectivity index (χ2n) is 3.84. The molecule has 3 aromatic rings. The SMILES string of the molecule is Cc1cccc(-c2nnn3ccccc23)c1. The number of nitrogens with zero attached hydrogens (tertiary/aromatic N) is 3. The van der Waals surface area contributed by atoms with E-state index in [0.717, 1.165) is 16.8 Å². The second kappa shape index (κ2) is 3.45. The summed E-state index contributed by atoms with van der Waals surface area (Å²) in [6, 6.07) is 14.3. The fraction of sp³-hybridized carbons (Fsp3) is 0.0769. The Balaban J connectivity index is 2.26. The van der Waals surface area contributed by atoms with E-state index < -0.39 is 0 Å². The molecule has 0 radical (unpaired) electrons. The first kappa shape index (κ1) is 9.09. The number of hydrogen-bond acceptors (Lipinski definition) is 2. The maximum atomic E-state index is 4.22. The van der Waals surface area contributed by atoms with Gasteiger partial charge in [-0.25, -0.2) is 4.52 Å². The van der Waals surface area contributed by atoms with Crippen LogP contribution in [0.1, 0.15) is 5.56 Å². The summed E-state index contributed by atoms with van der Waals surface area (Å²) in [7, 11) is 0. The van der Waals surface area contributed by atoms with Gasteiger partial charge < -0.3 is 0 Å². The van der Waals surface area contributed by atoms with Crippen molar-refractivity contribution < 1.29 is 0 Å². The number of pyridine rings is 1. The molecular formula is C13H11N3. The summed E-state index contributed by atoms with van der Waals surface area (Å²) in [6.07, 6.45) is 1.90. The zero-order valence-corrected chi connectivity index (χ0v) is 8.96. The smallest absolute Gasteiger partial charge is 0.120 e. The lowest BCUT2D eigenvalue weighted by atomic mass is 10.1. The molecule has 3 heteroatoms. The molecule has 78 valence electrons. The van der Waals surface area contributed by atoms with Gasteiger partial charge in [-0.15, -0.1) is 5.10 Å². The highest BCUT2D eigenvalue weighted by atomic mass is 15.4. The van der Waals surface area contributed by atoms with E-state index in [0.29, 0.717) is 0 Å². The van der Waals surface area contributed by atoms with E-state index >= 15 is 0 Å². The van der Waals surface area contributed by atoms with E-state index in [9.17, 15) is 0 Å². The van der Waals surface area contributed by atoms with Gasteiger partial charge in [-0.3, -0.25) is 0 Å². The van der Waals surface area contributed by atoms with Crippen molar-refractivity contribution in [2.45, 2.75) is 6.92 Å². The molecule has 0 amide bonds. The maximum Gasteiger partial charge on any atom is 0.120 e. The number of hydrogen-bond donors (Lipinski definition) is 0. The highest BCUT2D eigenvalue weighted by Crippen LogP contribution is 2.22. The Morgan fingerprint density at radius 1 is 1.06 bits per heavy atom. The molecule has 0 aliphatic rings. The van der Waals surface area contributed by atoms with Gasteiger partial charge in [0.25, 0.3) is 0 Å². The Morgan fingerprint density at radius 3 is 2.88 bits per heavy atom. The average molecular weight is 209 g/mol. The van der Waals surface area contributed by atoms with Gasteiger partial charge in [0.1, 0.15) is 5.69 Å². The fourth-order valence-electron chi connectivity index (χ4n) is 1.84. The normalized spacial score (nSPS) is 10.8. The molecule has 0 atom stereocenters. The summed E-state index contributed by atoms with van der Waals surface area (Å²) >= 11 is 0. The predicted molar refractivity (Wildman–Crippen MR) is 63.2 cm³/mol. The highest BCUT2D eigenvalue weighted by Gasteiger charge is 2.07. The quantitative estimate of drug-likeness (QED) is 0.616. The molecule has 1 aromatic carbocycles. The Hall–Kier alpha value is -2.16. The van der Waals surface area contributed by atoms with Crippen molar-refractivity contribution in [2.24, 2.45) is 0 Å². The summed E-state index contributed by atoms with van der Waals surface area (Å²) in [6.45, 7) is 2.08. The minimum Gasteiger partial charge on any atom is -0.220 e. The molecule has 3 nitrogen and oxygen atoms in total. The summed E-state index contributed by atoms with van der Waals surface area (Å²) in [5.41, 5.74) is 4.31. The second-order valence-corrected chi connectivity index (χ2v) is 3.84. The summed E-state index contributed by atoms with van der Waals surface area (Å²) in [4.78, 5) is 0. The number of fused-ring (bicyclic) bond motifs is 1. The average Bonchev–Trinajstić information content (AvgIpc) is 2.72. The lowest BCUT2D eigenvalue weighted by Gasteiger charge is -1.98. The maximum absolute atomic E-state index is 4.22. The zero-order valence-electron chi connectivity index (χ0n) is 8.96. The van der Waals surface area contributed by atoms with E-state index in [1.807, 2.05) is 30.5 Å². The van der Waals surface area contributed by atoms with E-state index in [1.54, 1.807) is 4.52 Å². The van der Waals surface area contributed by atoms with Crippen molar-refractivity contribution in [3.63, 3.8) is 0 Å². The largest absolute Gasteiger partial charge is 0.220 e. The van der Waals surface area contributed by atoms with Crippen LogP contribution in [0.15, 0.2) is 48.7 Å². The molecule has 3 rings (SSSR count). The Morgan fingerprint density at radius 2 is 2.00 bits per heavy atom. The van der Waals surface area contributed by atoms with Gasteiger partial charge in [0.2, 0.25) is 0 Å². The van der Waals surface area contributed by atoms with Crippen LogP contribution in [0.2, 0.25) is 0 Å². The van der Waals surface area contributed by atoms with Gasteiger partial charge in [0, 0.05) is 11.8 Å². The predicted octanol–water partition coefficient (Wildman–Crippen LogP) is 2.70. The zero-order chi connectivity index (χ0) is 11.0. The molecule has 2 aromatic heterocycles. The molecule has 0 saturated heterocycles. The summed E-state index contributed by atoms with van der Waals surface area (Å²) < 4.78 is 1.79. The number of benzene rings is 1. The lowest BCUT2D eigenvalue weighted by molar-refractivity contribution is 0.857. The van der Waals surface area contributed by atoms with Crippen LogP contribution in [0.5, 0.6) is 0 Å². The molecule has 0 saturated carbocycles. The first-order valence-electron chi connectivity index (χ1n) is 5.22. The van der Waals surface area contributed by atoms with E-state index in [2.05, 4.69) is 35.4 Å². The van der Waals surface area contributed by atoms with Gasteiger partial charge in [-0.05, 0) is 25.1 Å². The molecule has 0 aliphatic carbocycles. The molecule has 0 unspecified atom stereocenters. The number of aryl methyl sites for hydroxylation is 1. The van der Waals surface area contributed by atoms with Gasteiger partial charge >= 0.3 is 0 Å². The number of aromatic nitrogens is 3. The molecule has 0 bridgehead atoms. The van der Waals surface area contributed by atoms with Crippen LogP contribution in [0, 0.1) is 6.92 Å². The molecule has 0 N–H and O–H groups in total. The third kappa shape index (κ3) is 1.37. The van der Waals surface area contributed by atoms with Crippen LogP contribution in [0.3, 0.4) is 0 Å². The first-order chi connectivity index (χ1) is 7.84. The minimum absolute atomic E-state index is 0.935. The van der Waals surface area contributed by atoms with Gasteiger partial charge in [0.05, 0.1) is 5.52 Å². The summed E-state index contributed by atoms with van der Waals surface area (Å²) in [5, 5.41) is 8.31. The lowest BCUT2D eigenvalue weighted by Crippen LogP contribution is -1.83. The van der Waals surface area contributed by atoms with Crippen molar-refractivity contribution >= 4 is 5.52 Å². The van der Waals surface area contributed by atoms with Crippen LogP contribution in [-0.2, 0) is 0 Å². The molecule has 0 spiro atoms. The van der Waals surface area contributed by atoms with Gasteiger partial charge in [-0.2, -0.15) is 0 Å². The molecule has 2 heterocycles. The molecule has 0 fully saturated rings. The monoisotopic (exact) mass is 209 g/mol. The minimum atomic E-state index is 0.935. The van der Waals surface area contributed by atoms with Crippen molar-refractivity contribution in [3.8, 4) is 11.3 Å². The van der Waals surface area contributed by atoms with E-state index in [4.69, 9.17) is 0 Å². The third-order valence-electron chi connectivity index (χ3n) is 2.61. The molecule has 0 aliphatic heterocycles. The van der Waals surface area contributed by atoms with Crippen LogP contribution < -0.4 is 0 Å². The Bertz CT molecular complexity index is 640. The third-order valence-corrected chi connectivity index (χ3v) is 2.61. The van der Waals surface area contributed by atoms with Crippen LogP contribution in [0.4, 0.5) is 0 Å². The standard InChI is InChI=1S/C13H11N3/c1-10-5-4-6-11(9-10)13-12-7-2-3-8-16(12)15-14-13/h2-9H,1H3. The van der Waals surface area contributed by atoms with Crippen molar-refractivity contribution in [2.75, 3.05) is 0 Å². The fourth-order valence-corrected chi connectivity index (χ4v) is 1.84. The van der Waals surface area contributed by atoms with Crippen LogP contribution in [0.25, 0.3) is 16.8 Å².